The summed E-state index contributed by atoms with van der Waals surface area (Å²) in [5.74, 6) is 0. The second-order valence-corrected chi connectivity index (χ2v) is 5.66. The van der Waals surface area contributed by atoms with Crippen molar-refractivity contribution in [3.63, 3.8) is 0 Å². The van der Waals surface area contributed by atoms with Gasteiger partial charge in [-0.05, 0) is 50.8 Å². The summed E-state index contributed by atoms with van der Waals surface area (Å²) in [6, 6.07) is 13.2. The van der Waals surface area contributed by atoms with Crippen molar-refractivity contribution in [2.24, 2.45) is 5.73 Å². The second kappa shape index (κ2) is 5.58. The minimum Gasteiger partial charge on any atom is -0.324 e. The number of rotatable bonds is 3. The maximum Gasteiger partial charge on any atom is 0.0336 e. The molecule has 0 aliphatic carbocycles. The summed E-state index contributed by atoms with van der Waals surface area (Å²) in [7, 11) is 0. The van der Waals surface area contributed by atoms with Gasteiger partial charge in [0.05, 0.1) is 0 Å². The Hall–Kier alpha value is -1.60. The first-order valence-electron chi connectivity index (χ1n) is 6.85. The first-order chi connectivity index (χ1) is 8.95. The lowest BCUT2D eigenvalue weighted by molar-refractivity contribution is 0.717. The highest BCUT2D eigenvalue weighted by atomic mass is 14.6. The van der Waals surface area contributed by atoms with Crippen molar-refractivity contribution in [1.82, 2.24) is 0 Å². The Balaban J connectivity index is 2.25. The van der Waals surface area contributed by atoms with Crippen LogP contribution in [0.25, 0.3) is 0 Å². The van der Waals surface area contributed by atoms with Crippen molar-refractivity contribution in [2.45, 2.75) is 40.2 Å². The van der Waals surface area contributed by atoms with Crippen LogP contribution in [0, 0.1) is 27.7 Å². The van der Waals surface area contributed by atoms with Crippen LogP contribution in [0.5, 0.6) is 0 Å². The van der Waals surface area contributed by atoms with E-state index in [0.29, 0.717) is 0 Å². The molecule has 0 heterocycles. The molecule has 0 amide bonds. The maximum absolute atomic E-state index is 6.38. The van der Waals surface area contributed by atoms with Gasteiger partial charge in [0, 0.05) is 6.04 Å². The Morgan fingerprint density at radius 2 is 1.47 bits per heavy atom. The minimum atomic E-state index is 0.0686. The van der Waals surface area contributed by atoms with Crippen molar-refractivity contribution in [3.05, 3.63) is 69.8 Å². The fraction of sp³-hybridized carbons (Fsp3) is 0.333. The van der Waals surface area contributed by atoms with Crippen molar-refractivity contribution in [1.29, 1.82) is 0 Å². The summed E-state index contributed by atoms with van der Waals surface area (Å²) < 4.78 is 0. The molecule has 0 aliphatic rings. The Morgan fingerprint density at radius 1 is 0.842 bits per heavy atom. The van der Waals surface area contributed by atoms with Crippen molar-refractivity contribution >= 4 is 0 Å². The van der Waals surface area contributed by atoms with Gasteiger partial charge in [-0.25, -0.2) is 0 Å². The van der Waals surface area contributed by atoms with E-state index in [1.165, 1.54) is 33.4 Å². The van der Waals surface area contributed by atoms with Gasteiger partial charge in [-0.2, -0.15) is 0 Å². The highest BCUT2D eigenvalue weighted by Crippen LogP contribution is 2.21. The normalized spacial score (nSPS) is 12.5. The molecule has 100 valence electrons. The summed E-state index contributed by atoms with van der Waals surface area (Å²) in [5.41, 5.74) is 14.2. The van der Waals surface area contributed by atoms with Crippen LogP contribution < -0.4 is 5.73 Å². The van der Waals surface area contributed by atoms with Gasteiger partial charge in [0.1, 0.15) is 0 Å². The van der Waals surface area contributed by atoms with Crippen LogP contribution in [-0.2, 0) is 6.42 Å². The predicted molar refractivity (Wildman–Crippen MR) is 82.5 cm³/mol. The van der Waals surface area contributed by atoms with Gasteiger partial charge >= 0.3 is 0 Å². The molecule has 1 nitrogen and oxygen atoms in total. The molecule has 0 aromatic heterocycles. The van der Waals surface area contributed by atoms with Crippen LogP contribution >= 0.6 is 0 Å². The largest absolute Gasteiger partial charge is 0.324 e. The molecular formula is C18H23N. The van der Waals surface area contributed by atoms with E-state index in [0.717, 1.165) is 6.42 Å². The Kier molecular flexibility index (Phi) is 4.06. The Bertz CT molecular complexity index is 564. The van der Waals surface area contributed by atoms with E-state index in [1.54, 1.807) is 0 Å². The summed E-state index contributed by atoms with van der Waals surface area (Å²) in [6.07, 6.45) is 0.899. The quantitative estimate of drug-likeness (QED) is 0.873. The zero-order valence-corrected chi connectivity index (χ0v) is 12.3. The molecule has 0 fully saturated rings. The van der Waals surface area contributed by atoms with E-state index in [4.69, 9.17) is 5.73 Å². The van der Waals surface area contributed by atoms with Gasteiger partial charge in [0.15, 0.2) is 0 Å². The molecule has 0 radical (unpaired) electrons. The number of hydrogen-bond acceptors (Lipinski definition) is 1. The molecule has 19 heavy (non-hydrogen) atoms. The van der Waals surface area contributed by atoms with Crippen LogP contribution in [0.15, 0.2) is 36.4 Å². The Labute approximate surface area is 116 Å². The predicted octanol–water partition coefficient (Wildman–Crippen LogP) is 4.16. The molecular weight excluding hydrogens is 230 g/mol. The minimum absolute atomic E-state index is 0.0686. The lowest BCUT2D eigenvalue weighted by Gasteiger charge is -2.16. The van der Waals surface area contributed by atoms with Crippen molar-refractivity contribution < 1.29 is 0 Å². The van der Waals surface area contributed by atoms with E-state index in [9.17, 15) is 0 Å². The number of benzene rings is 2. The van der Waals surface area contributed by atoms with Crippen LogP contribution in [0.4, 0.5) is 0 Å². The smallest absolute Gasteiger partial charge is 0.0336 e. The van der Waals surface area contributed by atoms with Crippen LogP contribution in [-0.4, -0.2) is 0 Å². The van der Waals surface area contributed by atoms with E-state index < -0.39 is 0 Å². The molecule has 1 unspecified atom stereocenters. The lowest BCUT2D eigenvalue weighted by atomic mass is 9.94. The summed E-state index contributed by atoms with van der Waals surface area (Å²) >= 11 is 0. The molecule has 1 heteroatoms. The molecule has 2 aromatic carbocycles. The molecule has 0 saturated heterocycles. The summed E-state index contributed by atoms with van der Waals surface area (Å²) in [4.78, 5) is 0. The maximum atomic E-state index is 6.38. The fourth-order valence-electron chi connectivity index (χ4n) is 2.60. The molecule has 0 spiro atoms. The first kappa shape index (κ1) is 13.8. The number of hydrogen-bond donors (Lipinski definition) is 1. The average Bonchev–Trinajstić information content (AvgIpc) is 2.32. The third kappa shape index (κ3) is 3.45. The Morgan fingerprint density at radius 3 is 2.11 bits per heavy atom. The van der Waals surface area contributed by atoms with Crippen LogP contribution in [0.1, 0.15) is 39.4 Å². The molecule has 2 aromatic rings. The van der Waals surface area contributed by atoms with E-state index in [-0.39, 0.29) is 6.04 Å². The zero-order valence-electron chi connectivity index (χ0n) is 12.3. The zero-order chi connectivity index (χ0) is 14.0. The van der Waals surface area contributed by atoms with Gasteiger partial charge in [-0.1, -0.05) is 53.1 Å². The van der Waals surface area contributed by atoms with Gasteiger partial charge in [0.25, 0.3) is 0 Å². The number of aryl methyl sites for hydroxylation is 4. The van der Waals surface area contributed by atoms with Gasteiger partial charge in [-0.15, -0.1) is 0 Å². The van der Waals surface area contributed by atoms with Gasteiger partial charge < -0.3 is 5.73 Å². The molecule has 2 N–H and O–H groups in total. The van der Waals surface area contributed by atoms with E-state index in [2.05, 4.69) is 64.1 Å². The molecule has 0 saturated carbocycles. The topological polar surface area (TPSA) is 26.0 Å². The van der Waals surface area contributed by atoms with Crippen LogP contribution in [0.3, 0.4) is 0 Å². The fourth-order valence-corrected chi connectivity index (χ4v) is 2.60. The summed E-state index contributed by atoms with van der Waals surface area (Å²) in [5, 5.41) is 0. The van der Waals surface area contributed by atoms with Gasteiger partial charge in [0.2, 0.25) is 0 Å². The van der Waals surface area contributed by atoms with Gasteiger partial charge in [-0.3, -0.25) is 0 Å². The average molecular weight is 253 g/mol. The number of nitrogens with two attached hydrogens (primary N) is 1. The molecule has 0 bridgehead atoms. The highest BCUT2D eigenvalue weighted by Gasteiger charge is 2.10. The molecule has 1 atom stereocenters. The summed E-state index contributed by atoms with van der Waals surface area (Å²) in [6.45, 7) is 8.54. The van der Waals surface area contributed by atoms with Crippen LogP contribution in [0.2, 0.25) is 0 Å². The van der Waals surface area contributed by atoms with Crippen molar-refractivity contribution in [2.75, 3.05) is 0 Å². The first-order valence-corrected chi connectivity index (χ1v) is 6.85. The second-order valence-electron chi connectivity index (χ2n) is 5.66. The SMILES string of the molecule is Cc1cc(C)cc(C(N)Cc2cc(C)ccc2C)c1. The monoisotopic (exact) mass is 253 g/mol. The molecule has 0 aliphatic heterocycles. The lowest BCUT2D eigenvalue weighted by Crippen LogP contribution is -2.14. The third-order valence-corrected chi connectivity index (χ3v) is 3.62. The molecule has 2 rings (SSSR count). The van der Waals surface area contributed by atoms with E-state index in [1.807, 2.05) is 0 Å². The van der Waals surface area contributed by atoms with E-state index >= 15 is 0 Å². The third-order valence-electron chi connectivity index (χ3n) is 3.62. The van der Waals surface area contributed by atoms with Crippen molar-refractivity contribution in [3.8, 4) is 0 Å². The highest BCUT2D eigenvalue weighted by molar-refractivity contribution is 5.35. The standard InChI is InChI=1S/C18H23N/c1-12-5-6-15(4)16(8-12)11-18(19)17-9-13(2)7-14(3)10-17/h5-10,18H,11,19H2,1-4H3.